The van der Waals surface area contributed by atoms with Crippen molar-refractivity contribution in [3.63, 3.8) is 0 Å². The first-order valence-corrected chi connectivity index (χ1v) is 4.99. The molecule has 1 aliphatic rings. The maximum atomic E-state index is 11.7. The molecule has 0 unspecified atom stereocenters. The molecule has 1 aliphatic carbocycles. The maximum Gasteiger partial charge on any atom is 0.254 e. The van der Waals surface area contributed by atoms with Gasteiger partial charge in [-0.05, 0) is 18.6 Å². The SMILES string of the molecule is Cc1ccc(=O)n(C2=CC=CC=CC2)c1. The molecule has 0 saturated carbocycles. The van der Waals surface area contributed by atoms with Crippen molar-refractivity contribution in [2.75, 3.05) is 0 Å². The van der Waals surface area contributed by atoms with Crippen LogP contribution in [0.1, 0.15) is 12.0 Å². The van der Waals surface area contributed by atoms with Gasteiger partial charge in [-0.25, -0.2) is 0 Å². The molecule has 0 radical (unpaired) electrons. The lowest BCUT2D eigenvalue weighted by Crippen LogP contribution is -2.17. The highest BCUT2D eigenvalue weighted by Gasteiger charge is 2.01. The van der Waals surface area contributed by atoms with Crippen LogP contribution in [0.25, 0.3) is 5.70 Å². The zero-order valence-corrected chi connectivity index (χ0v) is 8.68. The van der Waals surface area contributed by atoms with E-state index < -0.39 is 0 Å². The highest BCUT2D eigenvalue weighted by atomic mass is 16.1. The first-order chi connectivity index (χ1) is 7.27. The average molecular weight is 199 g/mol. The molecule has 0 bridgehead atoms. The van der Waals surface area contributed by atoms with E-state index in [4.69, 9.17) is 0 Å². The summed E-state index contributed by atoms with van der Waals surface area (Å²) in [5.74, 6) is 0. The summed E-state index contributed by atoms with van der Waals surface area (Å²) in [5, 5.41) is 0. The monoisotopic (exact) mass is 199 g/mol. The van der Waals surface area contributed by atoms with E-state index >= 15 is 0 Å². The quantitative estimate of drug-likeness (QED) is 0.681. The number of pyridine rings is 1. The molecule has 15 heavy (non-hydrogen) atoms. The van der Waals surface area contributed by atoms with Crippen molar-refractivity contribution in [3.8, 4) is 0 Å². The number of allylic oxidation sites excluding steroid dienone is 6. The lowest BCUT2D eigenvalue weighted by molar-refractivity contribution is 0.969. The van der Waals surface area contributed by atoms with Gasteiger partial charge in [0.25, 0.3) is 5.56 Å². The number of rotatable bonds is 1. The molecule has 0 aliphatic heterocycles. The van der Waals surface area contributed by atoms with E-state index in [2.05, 4.69) is 0 Å². The standard InChI is InChI=1S/C13H13NO/c1-11-8-9-13(15)14(10-11)12-6-4-2-3-5-7-12/h2-6,8-10H,7H2,1H3. The second-order valence-electron chi connectivity index (χ2n) is 3.59. The molecule has 0 N–H and O–H groups in total. The average Bonchev–Trinajstić information content (AvgIpc) is 2.50. The lowest BCUT2D eigenvalue weighted by atomic mass is 10.2. The third-order valence-electron chi connectivity index (χ3n) is 2.34. The number of hydrogen-bond acceptors (Lipinski definition) is 1. The van der Waals surface area contributed by atoms with E-state index in [9.17, 15) is 4.79 Å². The fourth-order valence-electron chi connectivity index (χ4n) is 1.56. The summed E-state index contributed by atoms with van der Waals surface area (Å²) in [7, 11) is 0. The van der Waals surface area contributed by atoms with Gasteiger partial charge in [-0.15, -0.1) is 0 Å². The van der Waals surface area contributed by atoms with Crippen LogP contribution in [0.5, 0.6) is 0 Å². The smallest absolute Gasteiger partial charge is 0.254 e. The van der Waals surface area contributed by atoms with Gasteiger partial charge in [-0.3, -0.25) is 9.36 Å². The van der Waals surface area contributed by atoms with Crippen LogP contribution in [0.3, 0.4) is 0 Å². The Bertz CT molecular complexity index is 504. The Morgan fingerprint density at radius 1 is 1.20 bits per heavy atom. The van der Waals surface area contributed by atoms with E-state index in [-0.39, 0.29) is 5.56 Å². The van der Waals surface area contributed by atoms with Gasteiger partial charge in [0.05, 0.1) is 0 Å². The zero-order chi connectivity index (χ0) is 10.7. The molecule has 0 atom stereocenters. The minimum atomic E-state index is 0.0237. The molecule has 2 rings (SSSR count). The van der Waals surface area contributed by atoms with Crippen LogP contribution in [0, 0.1) is 6.92 Å². The summed E-state index contributed by atoms with van der Waals surface area (Å²) in [5.41, 5.74) is 2.12. The fourth-order valence-corrected chi connectivity index (χ4v) is 1.56. The van der Waals surface area contributed by atoms with Crippen molar-refractivity contribution in [2.24, 2.45) is 0 Å². The van der Waals surface area contributed by atoms with E-state index in [1.54, 1.807) is 10.6 Å². The Morgan fingerprint density at radius 3 is 2.93 bits per heavy atom. The Kier molecular flexibility index (Phi) is 2.68. The molecule has 1 heterocycles. The summed E-state index contributed by atoms with van der Waals surface area (Å²) in [6.45, 7) is 1.98. The van der Waals surface area contributed by atoms with E-state index in [1.165, 1.54) is 0 Å². The molecule has 2 heteroatoms. The fraction of sp³-hybridized carbons (Fsp3) is 0.154. The number of nitrogens with zero attached hydrogens (tertiary/aromatic N) is 1. The van der Waals surface area contributed by atoms with Gasteiger partial charge in [0.2, 0.25) is 0 Å². The Labute approximate surface area is 88.9 Å². The first-order valence-electron chi connectivity index (χ1n) is 4.99. The third-order valence-corrected chi connectivity index (χ3v) is 2.34. The number of aromatic nitrogens is 1. The highest BCUT2D eigenvalue weighted by molar-refractivity contribution is 5.52. The number of aryl methyl sites for hydroxylation is 1. The van der Waals surface area contributed by atoms with E-state index in [0.29, 0.717) is 0 Å². The molecular weight excluding hydrogens is 186 g/mol. The van der Waals surface area contributed by atoms with Crippen molar-refractivity contribution in [1.29, 1.82) is 0 Å². The summed E-state index contributed by atoms with van der Waals surface area (Å²) < 4.78 is 1.70. The van der Waals surface area contributed by atoms with Crippen LogP contribution in [0.15, 0.2) is 53.5 Å². The second-order valence-corrected chi connectivity index (χ2v) is 3.59. The van der Waals surface area contributed by atoms with Gasteiger partial charge in [-0.2, -0.15) is 0 Å². The largest absolute Gasteiger partial charge is 0.288 e. The van der Waals surface area contributed by atoms with Crippen LogP contribution < -0.4 is 5.56 Å². The normalized spacial score (nSPS) is 14.9. The Hall–Kier alpha value is -1.83. The van der Waals surface area contributed by atoms with Gasteiger partial charge in [0, 0.05) is 24.4 Å². The minimum Gasteiger partial charge on any atom is -0.288 e. The Balaban J connectivity index is 2.49. The summed E-state index contributed by atoms with van der Waals surface area (Å²) in [4.78, 5) is 11.7. The van der Waals surface area contributed by atoms with Gasteiger partial charge in [0.15, 0.2) is 0 Å². The first kappa shape index (κ1) is 9.71. The van der Waals surface area contributed by atoms with Crippen LogP contribution >= 0.6 is 0 Å². The van der Waals surface area contributed by atoms with Crippen LogP contribution in [0.2, 0.25) is 0 Å². The van der Waals surface area contributed by atoms with Gasteiger partial charge >= 0.3 is 0 Å². The molecule has 1 aromatic rings. The van der Waals surface area contributed by atoms with Gasteiger partial charge < -0.3 is 0 Å². The molecule has 0 amide bonds. The zero-order valence-electron chi connectivity index (χ0n) is 8.68. The Morgan fingerprint density at radius 2 is 2.07 bits per heavy atom. The summed E-state index contributed by atoms with van der Waals surface area (Å²) in [6.07, 6.45) is 12.6. The van der Waals surface area contributed by atoms with E-state index in [1.807, 2.05) is 49.6 Å². The lowest BCUT2D eigenvalue weighted by Gasteiger charge is -2.08. The van der Waals surface area contributed by atoms with Gasteiger partial charge in [-0.1, -0.05) is 30.4 Å². The topological polar surface area (TPSA) is 22.0 Å². The van der Waals surface area contributed by atoms with Crippen LogP contribution in [-0.2, 0) is 0 Å². The van der Waals surface area contributed by atoms with Crippen molar-refractivity contribution in [2.45, 2.75) is 13.3 Å². The number of hydrogen-bond donors (Lipinski definition) is 0. The van der Waals surface area contributed by atoms with Crippen molar-refractivity contribution < 1.29 is 0 Å². The highest BCUT2D eigenvalue weighted by Crippen LogP contribution is 2.11. The molecular formula is C13H13NO. The molecule has 0 saturated heterocycles. The van der Waals surface area contributed by atoms with Crippen molar-refractivity contribution in [1.82, 2.24) is 4.57 Å². The molecule has 0 aromatic carbocycles. The molecule has 76 valence electrons. The van der Waals surface area contributed by atoms with E-state index in [0.717, 1.165) is 17.7 Å². The molecule has 0 fully saturated rings. The van der Waals surface area contributed by atoms with Crippen molar-refractivity contribution in [3.05, 3.63) is 64.6 Å². The molecule has 0 spiro atoms. The third kappa shape index (κ3) is 2.15. The van der Waals surface area contributed by atoms with Crippen LogP contribution in [-0.4, -0.2) is 4.57 Å². The predicted octanol–water partition coefficient (Wildman–Crippen LogP) is 2.51. The van der Waals surface area contributed by atoms with Gasteiger partial charge in [0.1, 0.15) is 0 Å². The minimum absolute atomic E-state index is 0.0237. The summed E-state index contributed by atoms with van der Waals surface area (Å²) >= 11 is 0. The molecule has 1 aromatic heterocycles. The van der Waals surface area contributed by atoms with Crippen molar-refractivity contribution >= 4 is 5.70 Å². The maximum absolute atomic E-state index is 11.7. The van der Waals surface area contributed by atoms with Crippen LogP contribution in [0.4, 0.5) is 0 Å². The molecule has 2 nitrogen and oxygen atoms in total. The predicted molar refractivity (Wildman–Crippen MR) is 62.6 cm³/mol. The summed E-state index contributed by atoms with van der Waals surface area (Å²) in [6, 6.07) is 3.44. The second kappa shape index (κ2) is 4.13.